The molecular formula is C11H12N2O3. The number of hydrogen-bond acceptors (Lipinski definition) is 3. The number of phenolic OH excluding ortho intramolecular Hbond substituents is 1. The Morgan fingerprint density at radius 2 is 2.12 bits per heavy atom. The van der Waals surface area contributed by atoms with Crippen LogP contribution in [0.4, 0.5) is 0 Å². The summed E-state index contributed by atoms with van der Waals surface area (Å²) in [5.74, 6) is -0.966. The van der Waals surface area contributed by atoms with Gasteiger partial charge in [-0.2, -0.15) is 0 Å². The van der Waals surface area contributed by atoms with Gasteiger partial charge in [-0.1, -0.05) is 0 Å². The number of rotatable bonds is 2. The predicted molar refractivity (Wildman–Crippen MR) is 58.7 cm³/mol. The van der Waals surface area contributed by atoms with Crippen molar-refractivity contribution in [1.29, 1.82) is 0 Å². The van der Waals surface area contributed by atoms with Crippen LogP contribution in [0.2, 0.25) is 0 Å². The molecule has 0 aliphatic rings. The topological polar surface area (TPSA) is 75.4 Å². The van der Waals surface area contributed by atoms with Gasteiger partial charge in [-0.05, 0) is 26.0 Å². The molecule has 0 unspecified atom stereocenters. The Morgan fingerprint density at radius 3 is 2.69 bits per heavy atom. The van der Waals surface area contributed by atoms with Crippen LogP contribution >= 0.6 is 0 Å². The summed E-state index contributed by atoms with van der Waals surface area (Å²) in [4.78, 5) is 15.1. The highest BCUT2D eigenvalue weighted by molar-refractivity contribution is 5.90. The van der Waals surface area contributed by atoms with E-state index in [1.807, 2.05) is 13.8 Å². The highest BCUT2D eigenvalue weighted by Crippen LogP contribution is 2.24. The summed E-state index contributed by atoms with van der Waals surface area (Å²) < 4.78 is 1.59. The highest BCUT2D eigenvalue weighted by Gasteiger charge is 2.18. The number of aromatic carboxylic acids is 1. The minimum Gasteiger partial charge on any atom is -0.508 e. The van der Waals surface area contributed by atoms with Crippen molar-refractivity contribution >= 4 is 17.0 Å². The first-order chi connectivity index (χ1) is 7.50. The second kappa shape index (κ2) is 3.52. The van der Waals surface area contributed by atoms with Crippen LogP contribution in [0, 0.1) is 0 Å². The molecule has 0 spiro atoms. The number of benzene rings is 1. The van der Waals surface area contributed by atoms with Gasteiger partial charge in [-0.3, -0.25) is 0 Å². The monoisotopic (exact) mass is 220 g/mol. The Morgan fingerprint density at radius 1 is 1.44 bits per heavy atom. The van der Waals surface area contributed by atoms with E-state index < -0.39 is 5.97 Å². The van der Waals surface area contributed by atoms with Crippen molar-refractivity contribution in [2.75, 3.05) is 0 Å². The van der Waals surface area contributed by atoms with Crippen molar-refractivity contribution in [2.45, 2.75) is 19.9 Å². The maximum atomic E-state index is 11.0. The Hall–Kier alpha value is -2.04. The van der Waals surface area contributed by atoms with Crippen molar-refractivity contribution in [3.05, 3.63) is 24.0 Å². The largest absolute Gasteiger partial charge is 0.508 e. The first-order valence-corrected chi connectivity index (χ1v) is 4.95. The molecule has 5 nitrogen and oxygen atoms in total. The average Bonchev–Trinajstić information content (AvgIpc) is 2.55. The minimum atomic E-state index is -1.07. The number of nitrogens with zero attached hydrogens (tertiary/aromatic N) is 2. The number of hydrogen-bond donors (Lipinski definition) is 2. The lowest BCUT2D eigenvalue weighted by molar-refractivity contribution is 0.0677. The van der Waals surface area contributed by atoms with Crippen LogP contribution in [0.25, 0.3) is 11.0 Å². The standard InChI is InChI=1S/C11H12N2O3/c1-6(2)13-9-5-7(14)3-4-8(9)12-10(13)11(15)16/h3-6,14H,1-2H3,(H,15,16). The SMILES string of the molecule is CC(C)n1c(C(=O)O)nc2ccc(O)cc21. The van der Waals surface area contributed by atoms with Crippen LogP contribution in [-0.2, 0) is 0 Å². The smallest absolute Gasteiger partial charge is 0.372 e. The number of phenols is 1. The van der Waals surface area contributed by atoms with E-state index in [-0.39, 0.29) is 17.6 Å². The van der Waals surface area contributed by atoms with Gasteiger partial charge in [0.1, 0.15) is 5.75 Å². The van der Waals surface area contributed by atoms with Gasteiger partial charge in [0.2, 0.25) is 5.82 Å². The summed E-state index contributed by atoms with van der Waals surface area (Å²) in [7, 11) is 0. The van der Waals surface area contributed by atoms with E-state index in [9.17, 15) is 9.90 Å². The zero-order chi connectivity index (χ0) is 11.9. The molecule has 1 aromatic heterocycles. The molecular weight excluding hydrogens is 208 g/mol. The number of aromatic hydroxyl groups is 1. The molecule has 16 heavy (non-hydrogen) atoms. The van der Waals surface area contributed by atoms with Crippen molar-refractivity contribution in [3.8, 4) is 5.75 Å². The molecule has 5 heteroatoms. The van der Waals surface area contributed by atoms with E-state index in [0.717, 1.165) is 0 Å². The van der Waals surface area contributed by atoms with Gasteiger partial charge in [-0.25, -0.2) is 9.78 Å². The fourth-order valence-electron chi connectivity index (χ4n) is 1.75. The lowest BCUT2D eigenvalue weighted by Crippen LogP contribution is -2.11. The van der Waals surface area contributed by atoms with Crippen LogP contribution in [-0.4, -0.2) is 25.7 Å². The molecule has 1 aromatic carbocycles. The number of imidazole rings is 1. The maximum Gasteiger partial charge on any atom is 0.372 e. The fourth-order valence-corrected chi connectivity index (χ4v) is 1.75. The van der Waals surface area contributed by atoms with Gasteiger partial charge in [-0.15, -0.1) is 0 Å². The third kappa shape index (κ3) is 1.50. The van der Waals surface area contributed by atoms with Gasteiger partial charge in [0, 0.05) is 12.1 Å². The first kappa shape index (κ1) is 10.5. The molecule has 2 aromatic rings. The van der Waals surface area contributed by atoms with Crippen LogP contribution < -0.4 is 0 Å². The third-order valence-electron chi connectivity index (χ3n) is 2.38. The first-order valence-electron chi connectivity index (χ1n) is 4.95. The third-order valence-corrected chi connectivity index (χ3v) is 2.38. The quantitative estimate of drug-likeness (QED) is 0.811. The molecule has 0 fully saturated rings. The van der Waals surface area contributed by atoms with E-state index in [1.165, 1.54) is 12.1 Å². The average molecular weight is 220 g/mol. The Bertz CT molecular complexity index is 558. The fraction of sp³-hybridized carbons (Fsp3) is 0.273. The van der Waals surface area contributed by atoms with Crippen molar-refractivity contribution < 1.29 is 15.0 Å². The van der Waals surface area contributed by atoms with Crippen LogP contribution in [0.3, 0.4) is 0 Å². The van der Waals surface area contributed by atoms with Crippen LogP contribution in [0.15, 0.2) is 18.2 Å². The van der Waals surface area contributed by atoms with Gasteiger partial charge in [0.15, 0.2) is 0 Å². The van der Waals surface area contributed by atoms with Gasteiger partial charge in [0.05, 0.1) is 11.0 Å². The Kier molecular flexibility index (Phi) is 2.30. The van der Waals surface area contributed by atoms with Crippen molar-refractivity contribution in [1.82, 2.24) is 9.55 Å². The zero-order valence-electron chi connectivity index (χ0n) is 9.01. The molecule has 84 valence electrons. The molecule has 1 heterocycles. The Balaban J connectivity index is 2.82. The Labute approximate surface area is 92.0 Å². The van der Waals surface area contributed by atoms with Gasteiger partial charge < -0.3 is 14.8 Å². The second-order valence-electron chi connectivity index (χ2n) is 3.88. The highest BCUT2D eigenvalue weighted by atomic mass is 16.4. The summed E-state index contributed by atoms with van der Waals surface area (Å²) in [5.41, 5.74) is 1.20. The normalized spacial score (nSPS) is 11.2. The van der Waals surface area contributed by atoms with E-state index in [4.69, 9.17) is 5.11 Å². The van der Waals surface area contributed by atoms with E-state index in [0.29, 0.717) is 11.0 Å². The number of aromatic nitrogens is 2. The molecule has 0 radical (unpaired) electrons. The van der Waals surface area contributed by atoms with Gasteiger partial charge >= 0.3 is 5.97 Å². The maximum absolute atomic E-state index is 11.0. The number of carboxylic acid groups (broad SMARTS) is 1. The second-order valence-corrected chi connectivity index (χ2v) is 3.88. The van der Waals surface area contributed by atoms with Crippen molar-refractivity contribution in [3.63, 3.8) is 0 Å². The minimum absolute atomic E-state index is 0.00407. The zero-order valence-corrected chi connectivity index (χ0v) is 9.01. The number of fused-ring (bicyclic) bond motifs is 1. The molecule has 0 saturated carbocycles. The van der Waals surface area contributed by atoms with Gasteiger partial charge in [0.25, 0.3) is 0 Å². The summed E-state index contributed by atoms with van der Waals surface area (Å²) in [5, 5.41) is 18.4. The van der Waals surface area contributed by atoms with Crippen LogP contribution in [0.1, 0.15) is 30.5 Å². The lowest BCUT2D eigenvalue weighted by Gasteiger charge is -2.10. The molecule has 0 atom stereocenters. The van der Waals surface area contributed by atoms with Crippen molar-refractivity contribution in [2.24, 2.45) is 0 Å². The molecule has 0 bridgehead atoms. The van der Waals surface area contributed by atoms with Crippen LogP contribution in [0.5, 0.6) is 5.75 Å². The molecule has 0 aliphatic carbocycles. The molecule has 0 amide bonds. The summed E-state index contributed by atoms with van der Waals surface area (Å²) >= 11 is 0. The number of carbonyl (C=O) groups is 1. The lowest BCUT2D eigenvalue weighted by atomic mass is 10.3. The van der Waals surface area contributed by atoms with E-state index >= 15 is 0 Å². The number of carboxylic acids is 1. The molecule has 0 saturated heterocycles. The molecule has 2 N–H and O–H groups in total. The molecule has 2 rings (SSSR count). The summed E-state index contributed by atoms with van der Waals surface area (Å²) in [6.07, 6.45) is 0. The molecule has 0 aliphatic heterocycles. The summed E-state index contributed by atoms with van der Waals surface area (Å²) in [6.45, 7) is 3.75. The van der Waals surface area contributed by atoms with E-state index in [2.05, 4.69) is 4.98 Å². The summed E-state index contributed by atoms with van der Waals surface area (Å²) in [6, 6.07) is 4.59. The predicted octanol–water partition coefficient (Wildman–Crippen LogP) is 2.02. The van der Waals surface area contributed by atoms with E-state index in [1.54, 1.807) is 10.6 Å².